The molecule has 0 bridgehead atoms. The van der Waals surface area contributed by atoms with Gasteiger partial charge in [-0.1, -0.05) is 11.6 Å². The number of nitrogens with zero attached hydrogens (tertiary/aromatic N) is 1. The minimum absolute atomic E-state index is 0.0109. The topological polar surface area (TPSA) is 67.9 Å². The van der Waals surface area contributed by atoms with Crippen molar-refractivity contribution in [3.63, 3.8) is 0 Å². The molecule has 6 nitrogen and oxygen atoms in total. The maximum Gasteiger partial charge on any atom is 0.387 e. The fourth-order valence-corrected chi connectivity index (χ4v) is 3.12. The van der Waals surface area contributed by atoms with Crippen molar-refractivity contribution in [1.82, 2.24) is 0 Å². The Hall–Kier alpha value is -2.87. The fraction of sp³-hybridized carbons (Fsp3) is 0.263. The zero-order valence-corrected chi connectivity index (χ0v) is 15.6. The summed E-state index contributed by atoms with van der Waals surface area (Å²) in [5.41, 5.74) is 0.918. The summed E-state index contributed by atoms with van der Waals surface area (Å²) in [5, 5.41) is 3.13. The normalized spacial score (nSPS) is 16.4. The number of halogens is 3. The highest BCUT2D eigenvalue weighted by Crippen LogP contribution is 2.35. The monoisotopic (exact) mass is 410 g/mol. The van der Waals surface area contributed by atoms with E-state index in [-0.39, 0.29) is 30.5 Å². The Labute approximate surface area is 165 Å². The third kappa shape index (κ3) is 4.51. The predicted molar refractivity (Wildman–Crippen MR) is 100 cm³/mol. The van der Waals surface area contributed by atoms with Crippen LogP contribution in [0.25, 0.3) is 0 Å². The SMILES string of the molecule is COc1ccc(Cl)cc1N1CC(C(=O)Nc2ccc(OC(F)F)cc2)CC1=O. The Bertz CT molecular complexity index is 877. The average Bonchev–Trinajstić information content (AvgIpc) is 3.04. The van der Waals surface area contributed by atoms with Crippen LogP contribution in [-0.2, 0) is 9.59 Å². The predicted octanol–water partition coefficient (Wildman–Crippen LogP) is 3.94. The van der Waals surface area contributed by atoms with Crippen LogP contribution in [0.4, 0.5) is 20.2 Å². The van der Waals surface area contributed by atoms with Gasteiger partial charge in [0.15, 0.2) is 0 Å². The van der Waals surface area contributed by atoms with E-state index in [1.165, 1.54) is 36.3 Å². The molecule has 28 heavy (non-hydrogen) atoms. The second-order valence-corrected chi connectivity index (χ2v) is 6.55. The maximum absolute atomic E-state index is 12.5. The van der Waals surface area contributed by atoms with E-state index >= 15 is 0 Å². The van der Waals surface area contributed by atoms with Crippen LogP contribution in [0.1, 0.15) is 6.42 Å². The third-order valence-electron chi connectivity index (χ3n) is 4.27. The van der Waals surface area contributed by atoms with E-state index in [4.69, 9.17) is 16.3 Å². The number of anilines is 2. The summed E-state index contributed by atoms with van der Waals surface area (Å²) in [7, 11) is 1.49. The molecule has 2 amide bonds. The number of carbonyl (C=O) groups excluding carboxylic acids is 2. The molecule has 1 atom stereocenters. The van der Waals surface area contributed by atoms with E-state index < -0.39 is 12.5 Å². The van der Waals surface area contributed by atoms with Crippen LogP contribution in [0.5, 0.6) is 11.5 Å². The highest BCUT2D eigenvalue weighted by molar-refractivity contribution is 6.31. The van der Waals surface area contributed by atoms with Gasteiger partial charge in [-0.25, -0.2) is 0 Å². The number of benzene rings is 2. The molecule has 3 rings (SSSR count). The summed E-state index contributed by atoms with van der Waals surface area (Å²) in [6.07, 6.45) is 0.0358. The van der Waals surface area contributed by atoms with Gasteiger partial charge in [0.05, 0.1) is 18.7 Å². The molecule has 1 aliphatic heterocycles. The van der Waals surface area contributed by atoms with E-state index in [2.05, 4.69) is 10.1 Å². The Morgan fingerprint density at radius 1 is 1.25 bits per heavy atom. The van der Waals surface area contributed by atoms with E-state index in [9.17, 15) is 18.4 Å². The van der Waals surface area contributed by atoms with Gasteiger partial charge in [-0.05, 0) is 42.5 Å². The van der Waals surface area contributed by atoms with Crippen LogP contribution >= 0.6 is 11.6 Å². The lowest BCUT2D eigenvalue weighted by molar-refractivity contribution is -0.122. The number of carbonyl (C=O) groups is 2. The zero-order valence-electron chi connectivity index (χ0n) is 14.8. The second-order valence-electron chi connectivity index (χ2n) is 6.11. The molecular weight excluding hydrogens is 394 g/mol. The molecule has 0 aliphatic carbocycles. The molecule has 0 spiro atoms. The summed E-state index contributed by atoms with van der Waals surface area (Å²) in [4.78, 5) is 26.4. The molecule has 2 aromatic rings. The molecule has 0 aromatic heterocycles. The first kappa shape index (κ1) is 19.9. The van der Waals surface area contributed by atoms with Crippen LogP contribution in [0.15, 0.2) is 42.5 Å². The number of ether oxygens (including phenoxy) is 2. The lowest BCUT2D eigenvalue weighted by atomic mass is 10.1. The fourth-order valence-electron chi connectivity index (χ4n) is 2.95. The van der Waals surface area contributed by atoms with Crippen LogP contribution in [0.2, 0.25) is 5.02 Å². The maximum atomic E-state index is 12.5. The lowest BCUT2D eigenvalue weighted by Gasteiger charge is -2.20. The number of rotatable bonds is 6. The van der Waals surface area contributed by atoms with Crippen molar-refractivity contribution in [2.75, 3.05) is 23.9 Å². The molecule has 0 saturated carbocycles. The van der Waals surface area contributed by atoms with Crippen molar-refractivity contribution < 1.29 is 27.8 Å². The van der Waals surface area contributed by atoms with Crippen molar-refractivity contribution in [3.05, 3.63) is 47.5 Å². The molecule has 1 unspecified atom stereocenters. The zero-order chi connectivity index (χ0) is 20.3. The number of methoxy groups -OCH3 is 1. The van der Waals surface area contributed by atoms with Crippen molar-refractivity contribution in [1.29, 1.82) is 0 Å². The van der Waals surface area contributed by atoms with Crippen LogP contribution in [-0.4, -0.2) is 32.1 Å². The molecule has 0 radical (unpaired) electrons. The average molecular weight is 411 g/mol. The molecule has 1 N–H and O–H groups in total. The van der Waals surface area contributed by atoms with Gasteiger partial charge in [0.25, 0.3) is 0 Å². The van der Waals surface area contributed by atoms with Crippen molar-refractivity contribution in [2.45, 2.75) is 13.0 Å². The largest absolute Gasteiger partial charge is 0.495 e. The molecule has 148 valence electrons. The van der Waals surface area contributed by atoms with E-state index in [1.54, 1.807) is 18.2 Å². The highest BCUT2D eigenvalue weighted by Gasteiger charge is 2.36. The molecular formula is C19H17ClF2N2O4. The van der Waals surface area contributed by atoms with Crippen molar-refractivity contribution in [3.8, 4) is 11.5 Å². The van der Waals surface area contributed by atoms with Gasteiger partial charge in [-0.15, -0.1) is 0 Å². The van der Waals surface area contributed by atoms with Gasteiger partial charge >= 0.3 is 6.61 Å². The quantitative estimate of drug-likeness (QED) is 0.783. The Morgan fingerprint density at radius 3 is 2.61 bits per heavy atom. The molecule has 9 heteroatoms. The molecule has 1 heterocycles. The third-order valence-corrected chi connectivity index (χ3v) is 4.51. The second kappa shape index (κ2) is 8.43. The first-order chi connectivity index (χ1) is 13.4. The molecule has 1 saturated heterocycles. The van der Waals surface area contributed by atoms with Crippen molar-refractivity contribution in [2.24, 2.45) is 5.92 Å². The number of amides is 2. The summed E-state index contributed by atoms with van der Waals surface area (Å²) in [5.74, 6) is -0.675. The van der Waals surface area contributed by atoms with Gasteiger partial charge in [0.2, 0.25) is 11.8 Å². The van der Waals surface area contributed by atoms with E-state index in [0.29, 0.717) is 22.1 Å². The number of alkyl halides is 2. The number of hydrogen-bond acceptors (Lipinski definition) is 4. The molecule has 1 fully saturated rings. The molecule has 1 aliphatic rings. The first-order valence-corrected chi connectivity index (χ1v) is 8.75. The summed E-state index contributed by atoms with van der Waals surface area (Å²) >= 11 is 6.02. The van der Waals surface area contributed by atoms with Gasteiger partial charge in [-0.2, -0.15) is 8.78 Å². The minimum Gasteiger partial charge on any atom is -0.495 e. The van der Waals surface area contributed by atoms with E-state index in [1.807, 2.05) is 0 Å². The molecule has 2 aromatic carbocycles. The van der Waals surface area contributed by atoms with Gasteiger partial charge in [-0.3, -0.25) is 9.59 Å². The van der Waals surface area contributed by atoms with Crippen molar-refractivity contribution >= 4 is 34.8 Å². The number of hydrogen-bond donors (Lipinski definition) is 1. The van der Waals surface area contributed by atoms with E-state index in [0.717, 1.165) is 0 Å². The van der Waals surface area contributed by atoms with Crippen LogP contribution < -0.4 is 19.7 Å². The van der Waals surface area contributed by atoms with Crippen LogP contribution in [0.3, 0.4) is 0 Å². The standard InChI is InChI=1S/C19H17ClF2N2O4/c1-27-16-7-2-12(20)9-15(16)24-10-11(8-17(24)25)18(26)23-13-3-5-14(6-4-13)28-19(21)22/h2-7,9,11,19H,8,10H2,1H3,(H,23,26). The highest BCUT2D eigenvalue weighted by atomic mass is 35.5. The number of nitrogens with one attached hydrogen (secondary N) is 1. The minimum atomic E-state index is -2.92. The van der Waals surface area contributed by atoms with Gasteiger partial charge in [0.1, 0.15) is 11.5 Å². The summed E-state index contributed by atoms with van der Waals surface area (Å²) < 4.78 is 33.9. The lowest BCUT2D eigenvalue weighted by Crippen LogP contribution is -2.28. The Morgan fingerprint density at radius 2 is 1.96 bits per heavy atom. The Balaban J connectivity index is 1.68. The smallest absolute Gasteiger partial charge is 0.387 e. The first-order valence-electron chi connectivity index (χ1n) is 8.37. The van der Waals surface area contributed by atoms with Gasteiger partial charge < -0.3 is 19.7 Å². The summed E-state index contributed by atoms with van der Waals surface area (Å²) in [6.45, 7) is -2.74. The Kier molecular flexibility index (Phi) is 5.99. The summed E-state index contributed by atoms with van der Waals surface area (Å²) in [6, 6.07) is 10.5. The van der Waals surface area contributed by atoms with Crippen LogP contribution in [0, 0.1) is 5.92 Å². The van der Waals surface area contributed by atoms with Gasteiger partial charge in [0, 0.05) is 23.7 Å².